The quantitative estimate of drug-likeness (QED) is 0.933. The van der Waals surface area contributed by atoms with Gasteiger partial charge in [0.05, 0.1) is 16.1 Å². The molecule has 0 unspecified atom stereocenters. The van der Waals surface area contributed by atoms with Crippen LogP contribution in [0.15, 0.2) is 17.0 Å². The molecular weight excluding hydrogens is 297 g/mol. The van der Waals surface area contributed by atoms with Crippen LogP contribution in [0, 0.1) is 0 Å². The summed E-state index contributed by atoms with van der Waals surface area (Å²) >= 11 is 11.9. The summed E-state index contributed by atoms with van der Waals surface area (Å²) in [5.74, 6) is 0.404. The number of rotatable bonds is 3. The first-order valence-corrected chi connectivity index (χ1v) is 7.86. The van der Waals surface area contributed by atoms with Gasteiger partial charge in [-0.05, 0) is 31.7 Å². The fraction of sp³-hybridized carbons (Fsp3) is 0.455. The summed E-state index contributed by atoms with van der Waals surface area (Å²) in [6, 6.07) is 2.63. The molecule has 1 aromatic carbocycles. The van der Waals surface area contributed by atoms with E-state index in [2.05, 4.69) is 0 Å². The summed E-state index contributed by atoms with van der Waals surface area (Å²) in [4.78, 5) is -0.187. The molecule has 1 aliphatic carbocycles. The van der Waals surface area contributed by atoms with Gasteiger partial charge in [-0.2, -0.15) is 0 Å². The second-order valence-electron chi connectivity index (χ2n) is 4.28. The highest BCUT2D eigenvalue weighted by Crippen LogP contribution is 2.35. The molecule has 7 heteroatoms. The summed E-state index contributed by atoms with van der Waals surface area (Å²) in [6.45, 7) is 0. The van der Waals surface area contributed by atoms with E-state index in [0.29, 0.717) is 5.75 Å². The van der Waals surface area contributed by atoms with Crippen molar-refractivity contribution in [1.82, 2.24) is 0 Å². The van der Waals surface area contributed by atoms with Gasteiger partial charge in [-0.3, -0.25) is 0 Å². The van der Waals surface area contributed by atoms with Crippen molar-refractivity contribution < 1.29 is 13.2 Å². The summed E-state index contributed by atoms with van der Waals surface area (Å²) < 4.78 is 28.2. The minimum Gasteiger partial charge on any atom is -0.489 e. The van der Waals surface area contributed by atoms with E-state index in [0.717, 1.165) is 25.7 Å². The van der Waals surface area contributed by atoms with E-state index in [9.17, 15) is 8.42 Å². The van der Waals surface area contributed by atoms with Gasteiger partial charge in [0.2, 0.25) is 10.0 Å². The van der Waals surface area contributed by atoms with Crippen LogP contribution in [-0.2, 0) is 10.0 Å². The molecule has 1 saturated carbocycles. The predicted octanol–water partition coefficient (Wildman–Crippen LogP) is 2.96. The van der Waals surface area contributed by atoms with Crippen molar-refractivity contribution in [2.75, 3.05) is 0 Å². The molecule has 0 aliphatic heterocycles. The smallest absolute Gasteiger partial charge is 0.239 e. The predicted molar refractivity (Wildman–Crippen MR) is 70.7 cm³/mol. The Balaban J connectivity index is 2.30. The normalized spacial score (nSPS) is 17.1. The topological polar surface area (TPSA) is 69.4 Å². The second-order valence-corrected chi connectivity index (χ2v) is 6.63. The fourth-order valence-corrected chi connectivity index (χ4v) is 3.37. The Labute approximate surface area is 116 Å². The Kier molecular flexibility index (Phi) is 4.06. The molecule has 0 bridgehead atoms. The number of hydrogen-bond donors (Lipinski definition) is 1. The van der Waals surface area contributed by atoms with Crippen LogP contribution in [0.4, 0.5) is 0 Å². The van der Waals surface area contributed by atoms with Crippen molar-refractivity contribution in [2.24, 2.45) is 5.14 Å². The summed E-state index contributed by atoms with van der Waals surface area (Å²) in [7, 11) is -3.87. The molecule has 4 nitrogen and oxygen atoms in total. The largest absolute Gasteiger partial charge is 0.489 e. The zero-order valence-corrected chi connectivity index (χ0v) is 11.9. The highest BCUT2D eigenvalue weighted by atomic mass is 35.5. The van der Waals surface area contributed by atoms with E-state index < -0.39 is 10.0 Å². The Hall–Kier alpha value is -0.490. The highest BCUT2D eigenvalue weighted by molar-refractivity contribution is 7.89. The number of halogens is 2. The standard InChI is InChI=1S/C11H13Cl2NO3S/c12-8-6-11(18(14,15)16)9(13)5-10(8)17-7-3-1-2-4-7/h5-7H,1-4H2,(H2,14,15,16). The first kappa shape index (κ1) is 13.9. The summed E-state index contributed by atoms with van der Waals surface area (Å²) in [5, 5.41) is 5.26. The Bertz CT molecular complexity index is 554. The Morgan fingerprint density at radius 1 is 1.17 bits per heavy atom. The third kappa shape index (κ3) is 3.09. The number of sulfonamides is 1. The van der Waals surface area contributed by atoms with Gasteiger partial charge in [-0.25, -0.2) is 13.6 Å². The highest BCUT2D eigenvalue weighted by Gasteiger charge is 2.21. The third-order valence-corrected chi connectivity index (χ3v) is 4.56. The van der Waals surface area contributed by atoms with Crippen molar-refractivity contribution in [1.29, 1.82) is 0 Å². The van der Waals surface area contributed by atoms with Gasteiger partial charge in [0, 0.05) is 6.07 Å². The van der Waals surface area contributed by atoms with Crippen LogP contribution in [-0.4, -0.2) is 14.5 Å². The van der Waals surface area contributed by atoms with Gasteiger partial charge in [0.1, 0.15) is 10.6 Å². The minimum absolute atomic E-state index is 0.0231. The molecule has 0 amide bonds. The molecule has 1 fully saturated rings. The van der Waals surface area contributed by atoms with Gasteiger partial charge in [0.15, 0.2) is 0 Å². The lowest BCUT2D eigenvalue weighted by Crippen LogP contribution is -2.14. The van der Waals surface area contributed by atoms with Crippen molar-refractivity contribution >= 4 is 33.2 Å². The van der Waals surface area contributed by atoms with Crippen LogP contribution < -0.4 is 9.88 Å². The van der Waals surface area contributed by atoms with Gasteiger partial charge in [0.25, 0.3) is 0 Å². The average molecular weight is 310 g/mol. The van der Waals surface area contributed by atoms with Crippen LogP contribution in [0.5, 0.6) is 5.75 Å². The average Bonchev–Trinajstić information content (AvgIpc) is 2.74. The number of ether oxygens (including phenoxy) is 1. The zero-order chi connectivity index (χ0) is 13.3. The summed E-state index contributed by atoms with van der Waals surface area (Å²) in [5.41, 5.74) is 0. The number of nitrogens with two attached hydrogens (primary N) is 1. The first-order chi connectivity index (χ1) is 8.38. The molecule has 0 atom stereocenters. The summed E-state index contributed by atoms with van der Waals surface area (Å²) in [6.07, 6.45) is 4.34. The van der Waals surface area contributed by atoms with Gasteiger partial charge >= 0.3 is 0 Å². The van der Waals surface area contributed by atoms with Crippen LogP contribution in [0.2, 0.25) is 10.0 Å². The van der Waals surface area contributed by atoms with Gasteiger partial charge < -0.3 is 4.74 Å². The molecule has 2 N–H and O–H groups in total. The molecule has 0 spiro atoms. The first-order valence-electron chi connectivity index (χ1n) is 5.56. The number of benzene rings is 1. The molecule has 1 aromatic rings. The Morgan fingerprint density at radius 2 is 1.78 bits per heavy atom. The molecule has 1 aliphatic rings. The maximum absolute atomic E-state index is 11.3. The molecule has 0 radical (unpaired) electrons. The van der Waals surface area contributed by atoms with E-state index in [4.69, 9.17) is 33.1 Å². The van der Waals surface area contributed by atoms with Crippen LogP contribution in [0.3, 0.4) is 0 Å². The van der Waals surface area contributed by atoms with Gasteiger partial charge in [-0.1, -0.05) is 23.2 Å². The minimum atomic E-state index is -3.87. The molecule has 0 heterocycles. The lowest BCUT2D eigenvalue weighted by atomic mass is 10.3. The SMILES string of the molecule is NS(=O)(=O)c1cc(Cl)c(OC2CCCC2)cc1Cl. The maximum Gasteiger partial charge on any atom is 0.239 e. The van der Waals surface area contributed by atoms with Crippen LogP contribution in [0.1, 0.15) is 25.7 Å². The van der Waals surface area contributed by atoms with Crippen LogP contribution >= 0.6 is 23.2 Å². The Morgan fingerprint density at radius 3 is 2.33 bits per heavy atom. The molecule has 0 saturated heterocycles. The van der Waals surface area contributed by atoms with E-state index >= 15 is 0 Å². The van der Waals surface area contributed by atoms with E-state index in [-0.39, 0.29) is 21.0 Å². The molecular formula is C11H13Cl2NO3S. The maximum atomic E-state index is 11.3. The molecule has 18 heavy (non-hydrogen) atoms. The van der Waals surface area contributed by atoms with E-state index in [1.54, 1.807) is 0 Å². The molecule has 100 valence electrons. The van der Waals surface area contributed by atoms with Crippen molar-refractivity contribution in [2.45, 2.75) is 36.7 Å². The lowest BCUT2D eigenvalue weighted by molar-refractivity contribution is 0.210. The third-order valence-electron chi connectivity index (χ3n) is 2.89. The molecule has 2 rings (SSSR count). The fourth-order valence-electron chi connectivity index (χ4n) is 2.00. The number of hydrogen-bond acceptors (Lipinski definition) is 3. The van der Waals surface area contributed by atoms with E-state index in [1.807, 2.05) is 0 Å². The van der Waals surface area contributed by atoms with Crippen molar-refractivity contribution in [3.63, 3.8) is 0 Å². The van der Waals surface area contributed by atoms with Crippen molar-refractivity contribution in [3.8, 4) is 5.75 Å². The van der Waals surface area contributed by atoms with E-state index in [1.165, 1.54) is 12.1 Å². The zero-order valence-electron chi connectivity index (χ0n) is 9.53. The number of primary sulfonamides is 1. The van der Waals surface area contributed by atoms with Crippen LogP contribution in [0.25, 0.3) is 0 Å². The second kappa shape index (κ2) is 5.25. The lowest BCUT2D eigenvalue weighted by Gasteiger charge is -2.15. The van der Waals surface area contributed by atoms with Crippen molar-refractivity contribution in [3.05, 3.63) is 22.2 Å². The molecule has 0 aromatic heterocycles. The monoisotopic (exact) mass is 309 g/mol. The van der Waals surface area contributed by atoms with Gasteiger partial charge in [-0.15, -0.1) is 0 Å².